The van der Waals surface area contributed by atoms with Crippen LogP contribution in [0.2, 0.25) is 0 Å². The maximum atomic E-state index is 12.7. The maximum Gasteiger partial charge on any atom is 0.269 e. The monoisotopic (exact) mass is 355 g/mol. The van der Waals surface area contributed by atoms with Gasteiger partial charge >= 0.3 is 0 Å². The fraction of sp³-hybridized carbons (Fsp3) is 0. The van der Waals surface area contributed by atoms with Crippen molar-refractivity contribution in [2.45, 2.75) is 0 Å². The molecule has 4 rings (SSSR count). The number of rotatable bonds is 3. The minimum Gasteiger partial charge on any atom is -0.289 e. The first-order valence-corrected chi connectivity index (χ1v) is 8.29. The van der Waals surface area contributed by atoms with Gasteiger partial charge in [0.1, 0.15) is 0 Å². The molecule has 5 nitrogen and oxygen atoms in total. The molecule has 0 saturated heterocycles. The zero-order chi connectivity index (χ0) is 19.0. The van der Waals surface area contributed by atoms with Crippen molar-refractivity contribution in [1.82, 2.24) is 0 Å². The lowest BCUT2D eigenvalue weighted by molar-refractivity contribution is -0.384. The number of hydrogen-bond donors (Lipinski definition) is 0. The van der Waals surface area contributed by atoms with Crippen LogP contribution in [-0.4, -0.2) is 16.5 Å². The second kappa shape index (κ2) is 6.46. The second-order valence-electron chi connectivity index (χ2n) is 6.19. The van der Waals surface area contributed by atoms with E-state index in [1.54, 1.807) is 66.7 Å². The van der Waals surface area contributed by atoms with Gasteiger partial charge in [-0.3, -0.25) is 19.7 Å². The van der Waals surface area contributed by atoms with Gasteiger partial charge in [0.15, 0.2) is 11.6 Å². The molecule has 0 atom stereocenters. The average molecular weight is 355 g/mol. The van der Waals surface area contributed by atoms with Gasteiger partial charge in [0.2, 0.25) is 0 Å². The average Bonchev–Trinajstić information content (AvgIpc) is 2.70. The van der Waals surface area contributed by atoms with Crippen molar-refractivity contribution >= 4 is 29.4 Å². The van der Waals surface area contributed by atoms with E-state index in [1.165, 1.54) is 12.1 Å². The van der Waals surface area contributed by atoms with Crippen LogP contribution in [0.3, 0.4) is 0 Å². The number of ketones is 2. The molecule has 0 fully saturated rings. The number of hydrogen-bond acceptors (Lipinski definition) is 4. The van der Waals surface area contributed by atoms with Crippen LogP contribution in [0.5, 0.6) is 0 Å². The Morgan fingerprint density at radius 2 is 1.19 bits per heavy atom. The molecule has 0 heterocycles. The Labute approximate surface area is 154 Å². The fourth-order valence-corrected chi connectivity index (χ4v) is 3.12. The van der Waals surface area contributed by atoms with E-state index in [2.05, 4.69) is 0 Å². The van der Waals surface area contributed by atoms with Crippen molar-refractivity contribution in [3.8, 4) is 0 Å². The van der Waals surface area contributed by atoms with Gasteiger partial charge in [-0.1, -0.05) is 42.5 Å². The smallest absolute Gasteiger partial charge is 0.269 e. The molecule has 130 valence electrons. The number of nitrogens with zero attached hydrogens (tertiary/aromatic N) is 1. The molecule has 0 radical (unpaired) electrons. The van der Waals surface area contributed by atoms with Crippen molar-refractivity contribution in [1.29, 1.82) is 0 Å². The highest BCUT2D eigenvalue weighted by Gasteiger charge is 2.29. The topological polar surface area (TPSA) is 77.3 Å². The summed E-state index contributed by atoms with van der Waals surface area (Å²) in [7, 11) is 0. The van der Waals surface area contributed by atoms with Gasteiger partial charge in [-0.2, -0.15) is 0 Å². The molecule has 0 aromatic heterocycles. The largest absolute Gasteiger partial charge is 0.289 e. The highest BCUT2D eigenvalue weighted by molar-refractivity contribution is 6.28. The molecule has 27 heavy (non-hydrogen) atoms. The number of carbonyl (C=O) groups is 2. The van der Waals surface area contributed by atoms with Crippen LogP contribution in [0, 0.1) is 10.1 Å². The van der Waals surface area contributed by atoms with Crippen molar-refractivity contribution in [2.75, 3.05) is 0 Å². The molecule has 3 aromatic carbocycles. The Hall–Kier alpha value is -3.86. The molecule has 0 aliphatic heterocycles. The third-order valence-electron chi connectivity index (χ3n) is 4.52. The Morgan fingerprint density at radius 3 is 1.81 bits per heavy atom. The predicted molar refractivity (Wildman–Crippen MR) is 102 cm³/mol. The molecular weight excluding hydrogens is 342 g/mol. The van der Waals surface area contributed by atoms with Gasteiger partial charge in [-0.05, 0) is 35.4 Å². The van der Waals surface area contributed by atoms with Crippen LogP contribution in [-0.2, 0) is 0 Å². The molecular formula is C22H13NO4. The SMILES string of the molecule is O=C1c2ccccc2C(=O)c2cc(/C=C/c3ccc([N+](=O)[O-])cc3)ccc21. The normalized spacial score (nSPS) is 12.7. The molecule has 1 aliphatic rings. The van der Waals surface area contributed by atoms with Crippen LogP contribution < -0.4 is 0 Å². The van der Waals surface area contributed by atoms with E-state index >= 15 is 0 Å². The molecule has 0 N–H and O–H groups in total. The summed E-state index contributed by atoms with van der Waals surface area (Å²) < 4.78 is 0. The Kier molecular flexibility index (Phi) is 3.97. The number of non-ortho nitro benzene ring substituents is 1. The van der Waals surface area contributed by atoms with Crippen LogP contribution in [0.1, 0.15) is 43.0 Å². The summed E-state index contributed by atoms with van der Waals surface area (Å²) in [6.07, 6.45) is 3.61. The fourth-order valence-electron chi connectivity index (χ4n) is 3.12. The van der Waals surface area contributed by atoms with Gasteiger partial charge in [-0.25, -0.2) is 0 Å². The molecule has 0 saturated carbocycles. The summed E-state index contributed by atoms with van der Waals surface area (Å²) in [6, 6.07) is 18.1. The van der Waals surface area contributed by atoms with Gasteiger partial charge in [0.05, 0.1) is 4.92 Å². The molecule has 0 spiro atoms. The van der Waals surface area contributed by atoms with E-state index in [1.807, 2.05) is 0 Å². The zero-order valence-electron chi connectivity index (χ0n) is 14.1. The summed E-state index contributed by atoms with van der Waals surface area (Å²) in [5, 5.41) is 10.7. The van der Waals surface area contributed by atoms with Crippen molar-refractivity contribution in [2.24, 2.45) is 0 Å². The molecule has 0 unspecified atom stereocenters. The van der Waals surface area contributed by atoms with Gasteiger partial charge in [-0.15, -0.1) is 0 Å². The summed E-state index contributed by atoms with van der Waals surface area (Å²) in [5.41, 5.74) is 3.26. The maximum absolute atomic E-state index is 12.7. The van der Waals surface area contributed by atoms with Crippen molar-refractivity contribution in [3.05, 3.63) is 110 Å². The third kappa shape index (κ3) is 2.95. The highest BCUT2D eigenvalue weighted by Crippen LogP contribution is 2.28. The van der Waals surface area contributed by atoms with Gasteiger partial charge in [0, 0.05) is 34.4 Å². The highest BCUT2D eigenvalue weighted by atomic mass is 16.6. The molecule has 1 aliphatic carbocycles. The number of carbonyl (C=O) groups excluding carboxylic acids is 2. The van der Waals surface area contributed by atoms with E-state index in [4.69, 9.17) is 0 Å². The quantitative estimate of drug-likeness (QED) is 0.307. The molecule has 3 aromatic rings. The second-order valence-corrected chi connectivity index (χ2v) is 6.19. The van der Waals surface area contributed by atoms with E-state index < -0.39 is 4.92 Å². The van der Waals surface area contributed by atoms with Crippen LogP contribution in [0.15, 0.2) is 66.7 Å². The lowest BCUT2D eigenvalue weighted by Gasteiger charge is -2.17. The Bertz CT molecular complexity index is 1130. The first-order valence-electron chi connectivity index (χ1n) is 8.29. The van der Waals surface area contributed by atoms with Gasteiger partial charge in [0.25, 0.3) is 5.69 Å². The van der Waals surface area contributed by atoms with Crippen LogP contribution in [0.25, 0.3) is 12.2 Å². The number of nitro benzene ring substituents is 1. The van der Waals surface area contributed by atoms with E-state index in [-0.39, 0.29) is 17.3 Å². The lowest BCUT2D eigenvalue weighted by Crippen LogP contribution is -2.20. The standard InChI is InChI=1S/C22H13NO4/c24-21-17-3-1-2-4-18(17)22(25)20-13-15(9-12-19(20)21)6-5-14-7-10-16(11-8-14)23(26)27/h1-13H/b6-5+. The van der Waals surface area contributed by atoms with E-state index in [0.717, 1.165) is 11.1 Å². The summed E-state index contributed by atoms with van der Waals surface area (Å²) >= 11 is 0. The molecule has 5 heteroatoms. The summed E-state index contributed by atoms with van der Waals surface area (Å²) in [5.74, 6) is -0.308. The summed E-state index contributed by atoms with van der Waals surface area (Å²) in [4.78, 5) is 35.6. The molecule has 0 amide bonds. The van der Waals surface area contributed by atoms with Crippen molar-refractivity contribution in [3.63, 3.8) is 0 Å². The minimum atomic E-state index is -0.447. The van der Waals surface area contributed by atoms with Crippen LogP contribution >= 0.6 is 0 Å². The van der Waals surface area contributed by atoms with E-state index in [9.17, 15) is 19.7 Å². The van der Waals surface area contributed by atoms with Crippen LogP contribution in [0.4, 0.5) is 5.69 Å². The van der Waals surface area contributed by atoms with E-state index in [0.29, 0.717) is 22.3 Å². The van der Waals surface area contributed by atoms with Gasteiger partial charge < -0.3 is 0 Å². The predicted octanol–water partition coefficient (Wildman–Crippen LogP) is 4.54. The zero-order valence-corrected chi connectivity index (χ0v) is 14.1. The number of nitro groups is 1. The summed E-state index contributed by atoms with van der Waals surface area (Å²) in [6.45, 7) is 0. The first-order chi connectivity index (χ1) is 13.0. The number of fused-ring (bicyclic) bond motifs is 2. The Morgan fingerprint density at radius 1 is 0.667 bits per heavy atom. The third-order valence-corrected chi connectivity index (χ3v) is 4.52. The number of benzene rings is 3. The molecule has 0 bridgehead atoms. The minimum absolute atomic E-state index is 0.0312. The first kappa shape index (κ1) is 16.6. The lowest BCUT2D eigenvalue weighted by atomic mass is 9.83. The Balaban J connectivity index is 1.66. The van der Waals surface area contributed by atoms with Crippen molar-refractivity contribution < 1.29 is 14.5 Å².